The summed E-state index contributed by atoms with van der Waals surface area (Å²) in [6, 6.07) is 4.58. The molecule has 2 N–H and O–H groups in total. The van der Waals surface area contributed by atoms with E-state index in [1.54, 1.807) is 12.1 Å². The van der Waals surface area contributed by atoms with Crippen LogP contribution in [-0.2, 0) is 0 Å². The van der Waals surface area contributed by atoms with E-state index >= 15 is 0 Å². The summed E-state index contributed by atoms with van der Waals surface area (Å²) in [5.74, 6) is 0.599. The molecule has 0 bridgehead atoms. The molecule has 94 valence electrons. The van der Waals surface area contributed by atoms with Crippen LogP contribution in [0, 0.1) is 11.7 Å². The van der Waals surface area contributed by atoms with E-state index < -0.39 is 5.82 Å². The summed E-state index contributed by atoms with van der Waals surface area (Å²) in [5, 5.41) is 0. The molecule has 0 aliphatic heterocycles. The zero-order valence-electron chi connectivity index (χ0n) is 10.2. The van der Waals surface area contributed by atoms with Crippen LogP contribution in [0.4, 0.5) is 4.39 Å². The summed E-state index contributed by atoms with van der Waals surface area (Å²) < 4.78 is 19.1. The van der Waals surface area contributed by atoms with Gasteiger partial charge in [0, 0.05) is 11.6 Å². The van der Waals surface area contributed by atoms with Crippen LogP contribution in [0.15, 0.2) is 18.2 Å². The van der Waals surface area contributed by atoms with Crippen LogP contribution in [0.5, 0.6) is 5.75 Å². The fourth-order valence-electron chi connectivity index (χ4n) is 1.52. The quantitative estimate of drug-likeness (QED) is 0.792. The number of benzene rings is 1. The molecule has 2 nitrogen and oxygen atoms in total. The van der Waals surface area contributed by atoms with Crippen molar-refractivity contribution >= 4 is 17.2 Å². The third kappa shape index (κ3) is 3.97. The van der Waals surface area contributed by atoms with Gasteiger partial charge >= 0.3 is 0 Å². The van der Waals surface area contributed by atoms with Crippen molar-refractivity contribution in [2.24, 2.45) is 11.7 Å². The molecule has 17 heavy (non-hydrogen) atoms. The highest BCUT2D eigenvalue weighted by molar-refractivity contribution is 7.80. The number of ether oxygens (including phenoxy) is 1. The van der Waals surface area contributed by atoms with Gasteiger partial charge in [0.2, 0.25) is 0 Å². The lowest BCUT2D eigenvalue weighted by Gasteiger charge is -2.14. The van der Waals surface area contributed by atoms with E-state index in [4.69, 9.17) is 22.7 Å². The van der Waals surface area contributed by atoms with E-state index in [0.29, 0.717) is 18.3 Å². The highest BCUT2D eigenvalue weighted by Crippen LogP contribution is 2.18. The molecule has 0 fully saturated rings. The lowest BCUT2D eigenvalue weighted by Crippen LogP contribution is -2.13. The molecule has 0 saturated carbocycles. The first-order valence-corrected chi connectivity index (χ1v) is 6.21. The largest absolute Gasteiger partial charge is 0.493 e. The normalized spacial score (nSPS) is 10.6. The van der Waals surface area contributed by atoms with Crippen molar-refractivity contribution in [3.05, 3.63) is 29.6 Å². The first kappa shape index (κ1) is 13.9. The molecule has 1 aromatic carbocycles. The number of nitrogens with two attached hydrogens (primary N) is 1. The van der Waals surface area contributed by atoms with Crippen molar-refractivity contribution in [3.63, 3.8) is 0 Å². The van der Waals surface area contributed by atoms with Crippen LogP contribution in [0.25, 0.3) is 0 Å². The standard InChI is InChI=1S/C13H18FNOS/c1-3-9(4-2)8-16-10-5-6-11(13(15)17)12(14)7-10/h5-7,9H,3-4,8H2,1-2H3,(H2,15,17). The Bertz CT molecular complexity index is 391. The minimum Gasteiger partial charge on any atom is -0.493 e. The SMILES string of the molecule is CCC(CC)COc1ccc(C(N)=S)c(F)c1. The fraction of sp³-hybridized carbons (Fsp3) is 0.462. The number of hydrogen-bond donors (Lipinski definition) is 1. The minimum atomic E-state index is -0.431. The number of thiocarbonyl (C=S) groups is 1. The van der Waals surface area contributed by atoms with Crippen molar-refractivity contribution in [1.29, 1.82) is 0 Å². The molecule has 1 aromatic rings. The Morgan fingerprint density at radius 3 is 2.53 bits per heavy atom. The lowest BCUT2D eigenvalue weighted by atomic mass is 10.1. The number of halogens is 1. The Labute approximate surface area is 107 Å². The Balaban J connectivity index is 2.67. The van der Waals surface area contributed by atoms with Gasteiger partial charge in [-0.2, -0.15) is 0 Å². The van der Waals surface area contributed by atoms with E-state index in [1.807, 2.05) is 0 Å². The van der Waals surface area contributed by atoms with Gasteiger partial charge in [0.1, 0.15) is 16.6 Å². The maximum absolute atomic E-state index is 13.5. The van der Waals surface area contributed by atoms with Gasteiger partial charge in [-0.3, -0.25) is 0 Å². The van der Waals surface area contributed by atoms with Crippen LogP contribution in [0.1, 0.15) is 32.3 Å². The summed E-state index contributed by atoms with van der Waals surface area (Å²) in [4.78, 5) is 0.0639. The summed E-state index contributed by atoms with van der Waals surface area (Å²) in [5.41, 5.74) is 5.64. The summed E-state index contributed by atoms with van der Waals surface area (Å²) >= 11 is 4.73. The second-order valence-corrected chi connectivity index (χ2v) is 4.44. The Hall–Kier alpha value is -1.16. The molecule has 0 saturated heterocycles. The highest BCUT2D eigenvalue weighted by atomic mass is 32.1. The molecule has 0 spiro atoms. The van der Waals surface area contributed by atoms with Crippen molar-refractivity contribution < 1.29 is 9.13 Å². The average molecular weight is 255 g/mol. The zero-order valence-corrected chi connectivity index (χ0v) is 11.0. The van der Waals surface area contributed by atoms with E-state index in [1.165, 1.54) is 6.07 Å². The predicted molar refractivity (Wildman–Crippen MR) is 71.9 cm³/mol. The van der Waals surface area contributed by atoms with Gasteiger partial charge in [-0.25, -0.2) is 4.39 Å². The third-order valence-electron chi connectivity index (χ3n) is 2.85. The van der Waals surface area contributed by atoms with Gasteiger partial charge < -0.3 is 10.5 Å². The molecule has 0 atom stereocenters. The van der Waals surface area contributed by atoms with E-state index in [2.05, 4.69) is 13.8 Å². The van der Waals surface area contributed by atoms with Gasteiger partial charge in [-0.1, -0.05) is 38.9 Å². The van der Waals surface area contributed by atoms with Gasteiger partial charge in [0.05, 0.1) is 6.61 Å². The Morgan fingerprint density at radius 1 is 1.41 bits per heavy atom. The van der Waals surface area contributed by atoms with Gasteiger partial charge in [-0.15, -0.1) is 0 Å². The molecular formula is C13H18FNOS. The summed E-state index contributed by atoms with van der Waals surface area (Å²) in [6.07, 6.45) is 2.12. The van der Waals surface area contributed by atoms with Gasteiger partial charge in [0.15, 0.2) is 0 Å². The van der Waals surface area contributed by atoms with E-state index in [9.17, 15) is 4.39 Å². The van der Waals surface area contributed by atoms with Crippen molar-refractivity contribution in [1.82, 2.24) is 0 Å². The van der Waals surface area contributed by atoms with Crippen molar-refractivity contribution in [2.75, 3.05) is 6.61 Å². The van der Waals surface area contributed by atoms with Crippen molar-refractivity contribution in [3.8, 4) is 5.75 Å². The zero-order chi connectivity index (χ0) is 12.8. The van der Waals surface area contributed by atoms with Gasteiger partial charge in [0.25, 0.3) is 0 Å². The second kappa shape index (κ2) is 6.55. The smallest absolute Gasteiger partial charge is 0.137 e. The average Bonchev–Trinajstić information content (AvgIpc) is 2.30. The Kier molecular flexibility index (Phi) is 5.35. The predicted octanol–water partition coefficient (Wildman–Crippen LogP) is 3.27. The number of rotatable bonds is 6. The topological polar surface area (TPSA) is 35.2 Å². The first-order chi connectivity index (χ1) is 8.08. The van der Waals surface area contributed by atoms with Crippen molar-refractivity contribution in [2.45, 2.75) is 26.7 Å². The molecule has 0 heterocycles. The second-order valence-electron chi connectivity index (χ2n) is 4.00. The van der Waals surface area contributed by atoms with Crippen LogP contribution in [-0.4, -0.2) is 11.6 Å². The molecule has 0 amide bonds. The maximum Gasteiger partial charge on any atom is 0.137 e. The van der Waals surface area contributed by atoms with E-state index in [0.717, 1.165) is 12.8 Å². The van der Waals surface area contributed by atoms with Gasteiger partial charge in [-0.05, 0) is 18.1 Å². The molecule has 0 aliphatic rings. The summed E-state index contributed by atoms with van der Waals surface area (Å²) in [7, 11) is 0. The van der Waals surface area contributed by atoms with Crippen LogP contribution in [0.2, 0.25) is 0 Å². The Morgan fingerprint density at radius 2 is 2.06 bits per heavy atom. The molecule has 0 unspecified atom stereocenters. The van der Waals surface area contributed by atoms with Crippen LogP contribution in [0.3, 0.4) is 0 Å². The van der Waals surface area contributed by atoms with Crippen LogP contribution < -0.4 is 10.5 Å². The maximum atomic E-state index is 13.5. The lowest BCUT2D eigenvalue weighted by molar-refractivity contribution is 0.240. The first-order valence-electron chi connectivity index (χ1n) is 5.80. The minimum absolute atomic E-state index is 0.0639. The molecule has 1 rings (SSSR count). The number of hydrogen-bond acceptors (Lipinski definition) is 2. The highest BCUT2D eigenvalue weighted by Gasteiger charge is 2.08. The third-order valence-corrected chi connectivity index (χ3v) is 3.07. The molecule has 0 aromatic heterocycles. The monoisotopic (exact) mass is 255 g/mol. The molecule has 0 radical (unpaired) electrons. The molecular weight excluding hydrogens is 237 g/mol. The van der Waals surface area contributed by atoms with E-state index in [-0.39, 0.29) is 10.6 Å². The van der Waals surface area contributed by atoms with Crippen LogP contribution >= 0.6 is 12.2 Å². The fourth-order valence-corrected chi connectivity index (χ4v) is 1.69. The molecule has 4 heteroatoms. The molecule has 0 aliphatic carbocycles. The summed E-state index contributed by atoms with van der Waals surface area (Å²) in [6.45, 7) is 4.85.